The average molecular weight is 399 g/mol. The van der Waals surface area contributed by atoms with Gasteiger partial charge in [-0.1, -0.05) is 12.1 Å². The minimum atomic E-state index is -0.545. The number of hydrogen-bond donors (Lipinski definition) is 2. The zero-order valence-corrected chi connectivity index (χ0v) is 16.8. The largest absolute Gasteiger partial charge is 0.487 e. The van der Waals surface area contributed by atoms with E-state index in [1.807, 2.05) is 42.5 Å². The summed E-state index contributed by atoms with van der Waals surface area (Å²) in [5.41, 5.74) is 4.71. The van der Waals surface area contributed by atoms with Crippen LogP contribution < -0.4 is 10.1 Å². The number of fused-ring (bicyclic) bond motifs is 1. The quantitative estimate of drug-likeness (QED) is 0.565. The minimum absolute atomic E-state index is 0.104. The molecule has 154 valence electrons. The highest BCUT2D eigenvalue weighted by Crippen LogP contribution is 2.23. The van der Waals surface area contributed by atoms with Crippen molar-refractivity contribution in [2.45, 2.75) is 27.1 Å². The van der Waals surface area contributed by atoms with Gasteiger partial charge in [-0.3, -0.25) is 9.72 Å². The van der Waals surface area contributed by atoms with Gasteiger partial charge in [-0.2, -0.15) is 0 Å². The Morgan fingerprint density at radius 3 is 2.79 bits per heavy atom. The van der Waals surface area contributed by atoms with Gasteiger partial charge in [-0.05, 0) is 37.6 Å². The highest BCUT2D eigenvalue weighted by molar-refractivity contribution is 5.86. The van der Waals surface area contributed by atoms with Crippen molar-refractivity contribution >= 4 is 17.4 Å². The zero-order valence-electron chi connectivity index (χ0n) is 16.8. The molecule has 0 fully saturated rings. The number of carbonyl (C=O) groups excluding carboxylic acids is 1. The van der Waals surface area contributed by atoms with Crippen molar-refractivity contribution in [3.05, 3.63) is 59.0 Å². The normalized spacial score (nSPS) is 10.9. The van der Waals surface area contributed by atoms with Crippen molar-refractivity contribution in [1.82, 2.24) is 9.38 Å². The van der Waals surface area contributed by atoms with Gasteiger partial charge >= 0.3 is 6.09 Å². The summed E-state index contributed by atoms with van der Waals surface area (Å²) in [4.78, 5) is 16.4. The number of benzene rings is 1. The molecule has 3 rings (SSSR count). The first-order valence-corrected chi connectivity index (χ1v) is 9.26. The molecule has 0 aliphatic carbocycles. The summed E-state index contributed by atoms with van der Waals surface area (Å²) in [7, 11) is 1.54. The number of pyridine rings is 1. The summed E-state index contributed by atoms with van der Waals surface area (Å²) < 4.78 is 17.7. The monoisotopic (exact) mass is 399 g/mol. The molecular weight excluding hydrogens is 374 g/mol. The van der Waals surface area contributed by atoms with E-state index < -0.39 is 6.09 Å². The summed E-state index contributed by atoms with van der Waals surface area (Å²) in [6.45, 7) is 4.48. The number of aliphatic hydroxyl groups excluding tert-OH is 1. The molecule has 2 heterocycles. The number of nitrogens with zero attached hydrogens (tertiary/aromatic N) is 2. The van der Waals surface area contributed by atoms with Gasteiger partial charge in [0, 0.05) is 12.7 Å². The summed E-state index contributed by atoms with van der Waals surface area (Å²) in [5.74, 6) is 0.626. The third kappa shape index (κ3) is 4.85. The van der Waals surface area contributed by atoms with Crippen LogP contribution in [0.1, 0.15) is 22.5 Å². The molecule has 2 N–H and O–H groups in total. The van der Waals surface area contributed by atoms with Gasteiger partial charge in [0.1, 0.15) is 24.6 Å². The van der Waals surface area contributed by atoms with Crippen LogP contribution in [-0.2, 0) is 22.7 Å². The van der Waals surface area contributed by atoms with E-state index in [0.29, 0.717) is 18.0 Å². The maximum atomic E-state index is 12.0. The first kappa shape index (κ1) is 20.6. The third-order valence-electron chi connectivity index (χ3n) is 4.59. The Morgan fingerprint density at radius 2 is 2.03 bits per heavy atom. The first-order valence-electron chi connectivity index (χ1n) is 9.26. The molecule has 8 nitrogen and oxygen atoms in total. The van der Waals surface area contributed by atoms with Crippen LogP contribution in [0.5, 0.6) is 5.75 Å². The van der Waals surface area contributed by atoms with E-state index in [-0.39, 0.29) is 19.8 Å². The molecule has 0 aliphatic heterocycles. The number of aromatic nitrogens is 2. The Hall–Kier alpha value is -3.10. The van der Waals surface area contributed by atoms with Gasteiger partial charge < -0.3 is 19.3 Å². The predicted molar refractivity (Wildman–Crippen MR) is 108 cm³/mol. The molecule has 0 spiro atoms. The first-order chi connectivity index (χ1) is 14.0. The van der Waals surface area contributed by atoms with Gasteiger partial charge in [0.15, 0.2) is 0 Å². The Morgan fingerprint density at radius 1 is 1.21 bits per heavy atom. The van der Waals surface area contributed by atoms with Crippen LogP contribution in [0.4, 0.5) is 10.5 Å². The number of aliphatic hydroxyl groups is 1. The van der Waals surface area contributed by atoms with Gasteiger partial charge in [0.25, 0.3) is 0 Å². The molecular formula is C21H25N3O5. The van der Waals surface area contributed by atoms with Crippen molar-refractivity contribution in [1.29, 1.82) is 0 Å². The number of methoxy groups -OCH3 is 1. The highest BCUT2D eigenvalue weighted by atomic mass is 16.6. The fraction of sp³-hybridized carbons (Fsp3) is 0.333. The molecule has 0 aliphatic rings. The van der Waals surface area contributed by atoms with Crippen LogP contribution in [0.2, 0.25) is 0 Å². The lowest BCUT2D eigenvalue weighted by atomic mass is 10.1. The van der Waals surface area contributed by atoms with Crippen molar-refractivity contribution in [2.75, 3.05) is 25.6 Å². The Bertz CT molecular complexity index is 999. The van der Waals surface area contributed by atoms with Crippen molar-refractivity contribution in [2.24, 2.45) is 0 Å². The molecule has 0 saturated heterocycles. The molecule has 29 heavy (non-hydrogen) atoms. The second-order valence-corrected chi connectivity index (χ2v) is 6.54. The van der Waals surface area contributed by atoms with Gasteiger partial charge in [0.2, 0.25) is 0 Å². The fourth-order valence-corrected chi connectivity index (χ4v) is 3.00. The second-order valence-electron chi connectivity index (χ2n) is 6.54. The maximum Gasteiger partial charge on any atom is 0.411 e. The van der Waals surface area contributed by atoms with E-state index in [9.17, 15) is 9.90 Å². The highest BCUT2D eigenvalue weighted by Gasteiger charge is 2.12. The van der Waals surface area contributed by atoms with Gasteiger partial charge in [-0.25, -0.2) is 9.78 Å². The molecule has 0 saturated carbocycles. The molecule has 0 unspecified atom stereocenters. The standard InChI is InChI=1S/C21H25N3O5/c1-14-5-4-6-18(23-21(26)28-10-9-27-3)17(14)13-29-16-7-8-20-22-15(2)19(12-25)24(20)11-16/h4-8,11,25H,9-10,12-13H2,1-3H3,(H,23,26). The lowest BCUT2D eigenvalue weighted by Crippen LogP contribution is -2.18. The Kier molecular flexibility index (Phi) is 6.69. The lowest BCUT2D eigenvalue weighted by molar-refractivity contribution is 0.107. The van der Waals surface area contributed by atoms with Crippen LogP contribution in [0.15, 0.2) is 36.5 Å². The Labute approximate surface area is 169 Å². The van der Waals surface area contributed by atoms with Crippen LogP contribution in [0.3, 0.4) is 0 Å². The number of carbonyl (C=O) groups is 1. The van der Waals surface area contributed by atoms with E-state index in [4.69, 9.17) is 14.2 Å². The fourth-order valence-electron chi connectivity index (χ4n) is 3.00. The van der Waals surface area contributed by atoms with Gasteiger partial charge in [-0.15, -0.1) is 0 Å². The van der Waals surface area contributed by atoms with Crippen LogP contribution in [0, 0.1) is 13.8 Å². The van der Waals surface area contributed by atoms with Crippen LogP contribution in [-0.4, -0.2) is 40.9 Å². The van der Waals surface area contributed by atoms with Gasteiger partial charge in [0.05, 0.1) is 36.5 Å². The van der Waals surface area contributed by atoms with E-state index >= 15 is 0 Å². The summed E-state index contributed by atoms with van der Waals surface area (Å²) in [5, 5.41) is 12.3. The number of rotatable bonds is 8. The molecule has 0 bridgehead atoms. The van der Waals surface area contributed by atoms with Crippen molar-refractivity contribution < 1.29 is 24.1 Å². The molecule has 1 amide bonds. The van der Waals surface area contributed by atoms with Crippen molar-refractivity contribution in [3.63, 3.8) is 0 Å². The van der Waals surface area contributed by atoms with E-state index in [0.717, 1.165) is 28.2 Å². The number of nitrogens with one attached hydrogen (secondary N) is 1. The SMILES string of the molecule is COCCOC(=O)Nc1cccc(C)c1COc1ccc2nc(C)c(CO)n2c1. The van der Waals surface area contributed by atoms with Crippen molar-refractivity contribution in [3.8, 4) is 5.75 Å². The van der Waals surface area contributed by atoms with E-state index in [1.165, 1.54) is 0 Å². The van der Waals surface area contributed by atoms with E-state index in [1.54, 1.807) is 19.4 Å². The number of imidazole rings is 1. The maximum absolute atomic E-state index is 12.0. The number of aryl methyl sites for hydroxylation is 2. The van der Waals surface area contributed by atoms with Crippen LogP contribution >= 0.6 is 0 Å². The summed E-state index contributed by atoms with van der Waals surface area (Å²) in [6, 6.07) is 9.28. The molecule has 1 aromatic carbocycles. The molecule has 3 aromatic rings. The minimum Gasteiger partial charge on any atom is -0.487 e. The van der Waals surface area contributed by atoms with E-state index in [2.05, 4.69) is 10.3 Å². The predicted octanol–water partition coefficient (Wildman–Crippen LogP) is 3.22. The zero-order chi connectivity index (χ0) is 20.8. The molecule has 8 heteroatoms. The van der Waals surface area contributed by atoms with Crippen LogP contribution in [0.25, 0.3) is 5.65 Å². The molecule has 2 aromatic heterocycles. The number of hydrogen-bond acceptors (Lipinski definition) is 6. The third-order valence-corrected chi connectivity index (χ3v) is 4.59. The smallest absolute Gasteiger partial charge is 0.411 e. The lowest BCUT2D eigenvalue weighted by Gasteiger charge is -2.15. The number of amides is 1. The number of anilines is 1. The molecule has 0 atom stereocenters. The molecule has 0 radical (unpaired) electrons. The summed E-state index contributed by atoms with van der Waals surface area (Å²) >= 11 is 0. The number of ether oxygens (including phenoxy) is 3. The average Bonchev–Trinajstić information content (AvgIpc) is 3.02. The summed E-state index contributed by atoms with van der Waals surface area (Å²) in [6.07, 6.45) is 1.25. The second kappa shape index (κ2) is 9.40. The Balaban J connectivity index is 1.75. The topological polar surface area (TPSA) is 94.3 Å².